The highest BCUT2D eigenvalue weighted by Crippen LogP contribution is 2.50. The molecule has 1 aliphatic heterocycles. The van der Waals surface area contributed by atoms with Gasteiger partial charge in [-0.3, -0.25) is 15.1 Å². The summed E-state index contributed by atoms with van der Waals surface area (Å²) in [6, 6.07) is 9.29. The second-order valence-corrected chi connectivity index (χ2v) is 5.79. The zero-order valence-corrected chi connectivity index (χ0v) is 11.8. The Labute approximate surface area is 127 Å². The van der Waals surface area contributed by atoms with Crippen molar-refractivity contribution < 1.29 is 4.92 Å². The Morgan fingerprint density at radius 1 is 1.32 bits per heavy atom. The van der Waals surface area contributed by atoms with Gasteiger partial charge in [0.1, 0.15) is 0 Å². The molecule has 0 fully saturated rings. The van der Waals surface area contributed by atoms with Crippen molar-refractivity contribution in [3.8, 4) is 0 Å². The van der Waals surface area contributed by atoms with Crippen LogP contribution in [0.5, 0.6) is 0 Å². The molecule has 3 atom stereocenters. The Bertz CT molecular complexity index is 758. The van der Waals surface area contributed by atoms with Crippen LogP contribution in [-0.4, -0.2) is 9.91 Å². The molecule has 5 nitrogen and oxygen atoms in total. The van der Waals surface area contributed by atoms with Crippen molar-refractivity contribution in [3.63, 3.8) is 0 Å². The zero-order valence-electron chi connectivity index (χ0n) is 11.8. The molecule has 1 aromatic carbocycles. The smallest absolute Gasteiger partial charge is 0.269 e. The molecule has 1 N–H and O–H groups in total. The monoisotopic (exact) mass is 293 g/mol. The van der Waals surface area contributed by atoms with Crippen molar-refractivity contribution in [3.05, 3.63) is 76.1 Å². The van der Waals surface area contributed by atoms with E-state index in [4.69, 9.17) is 0 Å². The number of benzene rings is 1. The molecule has 1 aliphatic carbocycles. The molecule has 2 heterocycles. The van der Waals surface area contributed by atoms with Crippen LogP contribution in [0.25, 0.3) is 0 Å². The predicted molar refractivity (Wildman–Crippen MR) is 83.7 cm³/mol. The fourth-order valence-corrected chi connectivity index (χ4v) is 3.59. The minimum atomic E-state index is -0.332. The van der Waals surface area contributed by atoms with Gasteiger partial charge < -0.3 is 5.32 Å². The van der Waals surface area contributed by atoms with E-state index in [9.17, 15) is 10.1 Å². The van der Waals surface area contributed by atoms with Crippen molar-refractivity contribution in [1.82, 2.24) is 4.98 Å². The lowest BCUT2D eigenvalue weighted by Crippen LogP contribution is -2.29. The van der Waals surface area contributed by atoms with Crippen molar-refractivity contribution in [2.24, 2.45) is 5.92 Å². The summed E-state index contributed by atoms with van der Waals surface area (Å²) in [7, 11) is 0. The van der Waals surface area contributed by atoms with Gasteiger partial charge in [0.15, 0.2) is 0 Å². The average molecular weight is 293 g/mol. The van der Waals surface area contributed by atoms with Crippen LogP contribution in [0.2, 0.25) is 0 Å². The van der Waals surface area contributed by atoms with E-state index in [2.05, 4.69) is 28.5 Å². The zero-order chi connectivity index (χ0) is 15.1. The summed E-state index contributed by atoms with van der Waals surface area (Å²) in [4.78, 5) is 14.9. The van der Waals surface area contributed by atoms with Gasteiger partial charge in [-0.25, -0.2) is 0 Å². The first kappa shape index (κ1) is 13.0. The second kappa shape index (κ2) is 4.94. The SMILES string of the molecule is O=[N+]([O-])c1ccc2c(c1)[C@@H]1C=CC[C@@H]1[C@H](c1cccnc1)N2. The number of hydrogen-bond donors (Lipinski definition) is 1. The molecule has 2 aliphatic rings. The molecule has 0 amide bonds. The summed E-state index contributed by atoms with van der Waals surface area (Å²) in [6.07, 6.45) is 8.99. The maximum absolute atomic E-state index is 11.0. The molecule has 0 saturated heterocycles. The number of rotatable bonds is 2. The normalized spacial score (nSPS) is 25.2. The number of pyridine rings is 1. The van der Waals surface area contributed by atoms with Gasteiger partial charge in [-0.15, -0.1) is 0 Å². The standard InChI is InChI=1S/C17H15N3O2/c21-20(22)12-6-7-16-15(9-12)13-4-1-5-14(13)17(19-16)11-3-2-8-18-10-11/h1-4,6-10,13-14,17,19H,5H2/t13-,14+,17+/m1/s1. The maximum atomic E-state index is 11.0. The van der Waals surface area contributed by atoms with Gasteiger partial charge in [0.05, 0.1) is 11.0 Å². The van der Waals surface area contributed by atoms with Gasteiger partial charge >= 0.3 is 0 Å². The van der Waals surface area contributed by atoms with Gasteiger partial charge in [0.2, 0.25) is 0 Å². The van der Waals surface area contributed by atoms with E-state index in [1.54, 1.807) is 18.3 Å². The molecule has 1 aromatic heterocycles. The largest absolute Gasteiger partial charge is 0.378 e. The van der Waals surface area contributed by atoms with Crippen LogP contribution in [0.1, 0.15) is 29.5 Å². The summed E-state index contributed by atoms with van der Waals surface area (Å²) in [5.41, 5.74) is 3.31. The minimum absolute atomic E-state index is 0.152. The van der Waals surface area contributed by atoms with E-state index in [0.29, 0.717) is 5.92 Å². The highest BCUT2D eigenvalue weighted by atomic mass is 16.6. The lowest BCUT2D eigenvalue weighted by Gasteiger charge is -2.37. The quantitative estimate of drug-likeness (QED) is 0.519. The number of allylic oxidation sites excluding steroid dienone is 2. The summed E-state index contributed by atoms with van der Waals surface area (Å²) in [5, 5.41) is 14.6. The first-order chi connectivity index (χ1) is 10.7. The number of hydrogen-bond acceptors (Lipinski definition) is 4. The van der Waals surface area contributed by atoms with E-state index in [0.717, 1.165) is 23.2 Å². The Hall–Kier alpha value is -2.69. The molecule has 5 heteroatoms. The molecule has 0 spiro atoms. The lowest BCUT2D eigenvalue weighted by atomic mass is 9.77. The van der Waals surface area contributed by atoms with Crippen LogP contribution in [0.4, 0.5) is 11.4 Å². The first-order valence-corrected chi connectivity index (χ1v) is 7.35. The van der Waals surface area contributed by atoms with Gasteiger partial charge in [-0.05, 0) is 35.6 Å². The number of non-ortho nitro benzene ring substituents is 1. The average Bonchev–Trinajstić information content (AvgIpc) is 3.04. The van der Waals surface area contributed by atoms with Crippen LogP contribution >= 0.6 is 0 Å². The fraction of sp³-hybridized carbons (Fsp3) is 0.235. The van der Waals surface area contributed by atoms with Crippen molar-refractivity contribution in [2.75, 3.05) is 5.32 Å². The van der Waals surface area contributed by atoms with Crippen molar-refractivity contribution in [1.29, 1.82) is 0 Å². The third-order valence-corrected chi connectivity index (χ3v) is 4.60. The molecule has 0 bridgehead atoms. The second-order valence-electron chi connectivity index (χ2n) is 5.79. The minimum Gasteiger partial charge on any atom is -0.378 e. The number of fused-ring (bicyclic) bond motifs is 3. The van der Waals surface area contributed by atoms with Crippen LogP contribution < -0.4 is 5.32 Å². The third-order valence-electron chi connectivity index (χ3n) is 4.60. The molecular weight excluding hydrogens is 278 g/mol. The molecular formula is C17H15N3O2. The van der Waals surface area contributed by atoms with Gasteiger partial charge in [-0.2, -0.15) is 0 Å². The molecule has 110 valence electrons. The number of aromatic nitrogens is 1. The topological polar surface area (TPSA) is 68.1 Å². The highest BCUT2D eigenvalue weighted by molar-refractivity contribution is 5.62. The van der Waals surface area contributed by atoms with E-state index in [1.165, 1.54) is 0 Å². The number of nitro benzene ring substituents is 1. The van der Waals surface area contributed by atoms with E-state index in [1.807, 2.05) is 18.3 Å². The molecule has 2 aromatic rings. The lowest BCUT2D eigenvalue weighted by molar-refractivity contribution is -0.384. The van der Waals surface area contributed by atoms with Crippen LogP contribution in [0.3, 0.4) is 0 Å². The molecule has 0 saturated carbocycles. The molecule has 0 radical (unpaired) electrons. The van der Waals surface area contributed by atoms with E-state index in [-0.39, 0.29) is 22.6 Å². The van der Waals surface area contributed by atoms with Crippen molar-refractivity contribution in [2.45, 2.75) is 18.4 Å². The third kappa shape index (κ3) is 1.97. The van der Waals surface area contributed by atoms with Gasteiger partial charge in [0.25, 0.3) is 5.69 Å². The molecule has 22 heavy (non-hydrogen) atoms. The van der Waals surface area contributed by atoms with Gasteiger partial charge in [0, 0.05) is 36.1 Å². The summed E-state index contributed by atoms with van der Waals surface area (Å²) >= 11 is 0. The number of nitro groups is 1. The number of anilines is 1. The number of nitrogens with zero attached hydrogens (tertiary/aromatic N) is 2. The van der Waals surface area contributed by atoms with Crippen LogP contribution in [0, 0.1) is 16.0 Å². The number of nitrogens with one attached hydrogen (secondary N) is 1. The Kier molecular flexibility index (Phi) is 2.92. The molecule has 0 unspecified atom stereocenters. The Morgan fingerprint density at radius 3 is 3.00 bits per heavy atom. The molecule has 4 rings (SSSR count). The predicted octanol–water partition coefficient (Wildman–Crippen LogP) is 3.82. The highest BCUT2D eigenvalue weighted by Gasteiger charge is 2.38. The Balaban J connectivity index is 1.79. The van der Waals surface area contributed by atoms with Crippen LogP contribution in [-0.2, 0) is 0 Å². The maximum Gasteiger partial charge on any atom is 0.269 e. The summed E-state index contributed by atoms with van der Waals surface area (Å²) < 4.78 is 0. The van der Waals surface area contributed by atoms with Crippen LogP contribution in [0.15, 0.2) is 54.9 Å². The fourth-order valence-electron chi connectivity index (χ4n) is 3.59. The van der Waals surface area contributed by atoms with E-state index >= 15 is 0 Å². The van der Waals surface area contributed by atoms with Crippen molar-refractivity contribution >= 4 is 11.4 Å². The van der Waals surface area contributed by atoms with Gasteiger partial charge in [-0.1, -0.05) is 18.2 Å². The van der Waals surface area contributed by atoms with E-state index < -0.39 is 0 Å². The summed E-state index contributed by atoms with van der Waals surface area (Å²) in [5.74, 6) is 0.597. The summed E-state index contributed by atoms with van der Waals surface area (Å²) in [6.45, 7) is 0. The first-order valence-electron chi connectivity index (χ1n) is 7.35. The Morgan fingerprint density at radius 2 is 2.23 bits per heavy atom.